The zero-order valence-corrected chi connectivity index (χ0v) is 17.2. The summed E-state index contributed by atoms with van der Waals surface area (Å²) in [5, 5.41) is 7.44. The molecule has 142 valence electrons. The maximum atomic E-state index is 12.4. The first-order valence-electron chi connectivity index (χ1n) is 8.21. The predicted molar refractivity (Wildman–Crippen MR) is 107 cm³/mol. The van der Waals surface area contributed by atoms with E-state index in [2.05, 4.69) is 15.9 Å². The van der Waals surface area contributed by atoms with E-state index in [0.29, 0.717) is 28.0 Å². The number of hydrogen-bond donors (Lipinski definition) is 2. The van der Waals surface area contributed by atoms with Crippen molar-refractivity contribution in [3.63, 3.8) is 0 Å². The second kappa shape index (κ2) is 7.66. The zero-order valence-electron chi connectivity index (χ0n) is 14.8. The molecule has 0 radical (unpaired) electrons. The predicted octanol–water partition coefficient (Wildman–Crippen LogP) is -0.000300. The van der Waals surface area contributed by atoms with Crippen LogP contribution in [0.5, 0.6) is 0 Å². The molecule has 4 rings (SSSR count). The van der Waals surface area contributed by atoms with Crippen LogP contribution in [-0.4, -0.2) is 13.1 Å². The fourth-order valence-corrected chi connectivity index (χ4v) is 3.57. The molecule has 2 aliphatic rings. The minimum absolute atomic E-state index is 0. The maximum absolute atomic E-state index is 12.4. The number of hydrogen-bond acceptors (Lipinski definition) is 4. The van der Waals surface area contributed by atoms with Crippen molar-refractivity contribution < 1.29 is 31.8 Å². The molecule has 7 heteroatoms. The standard InChI is InChI=1S/C21H15BrN2O3.ClH/c1-26-21(25)13-5-3-2-4-12(13)20-14-7-6-11(23)8-18(14)27-19-10-17(24)16(22)9-15(19)20;/h2-10,24H,23H2,1H3;1H. The fraction of sp³-hybridized carbons (Fsp3) is 0.0476. The van der Waals surface area contributed by atoms with Gasteiger partial charge in [-0.3, -0.25) is 5.41 Å². The number of rotatable bonds is 2. The van der Waals surface area contributed by atoms with E-state index in [1.165, 1.54) is 7.11 Å². The molecule has 5 nitrogen and oxygen atoms in total. The van der Waals surface area contributed by atoms with Gasteiger partial charge in [0.1, 0.15) is 11.3 Å². The first kappa shape index (κ1) is 19.9. The number of carbonyl (C=O) groups excluding carboxylic acids is 1. The van der Waals surface area contributed by atoms with Crippen molar-refractivity contribution in [2.75, 3.05) is 12.8 Å². The SMILES string of the molecule is COC(=O)c1ccccc1-c1c2cc(Br)c(=[NH2+])cc-2oc2cc(N)ccc12.[Cl-]. The van der Waals surface area contributed by atoms with Crippen molar-refractivity contribution in [1.82, 2.24) is 0 Å². The van der Waals surface area contributed by atoms with E-state index in [1.54, 1.807) is 30.3 Å². The van der Waals surface area contributed by atoms with Gasteiger partial charge in [-0.1, -0.05) is 18.2 Å². The van der Waals surface area contributed by atoms with Crippen LogP contribution in [0.2, 0.25) is 0 Å². The van der Waals surface area contributed by atoms with Gasteiger partial charge in [-0.25, -0.2) is 4.79 Å². The Morgan fingerprint density at radius 3 is 2.61 bits per heavy atom. The summed E-state index contributed by atoms with van der Waals surface area (Å²) in [7, 11) is 1.37. The molecule has 0 atom stereocenters. The van der Waals surface area contributed by atoms with Gasteiger partial charge in [-0.2, -0.15) is 0 Å². The normalized spacial score (nSPS) is 10.6. The molecule has 0 aromatic heterocycles. The van der Waals surface area contributed by atoms with Gasteiger partial charge in [0.2, 0.25) is 5.36 Å². The van der Waals surface area contributed by atoms with Gasteiger partial charge in [-0.15, -0.1) is 0 Å². The van der Waals surface area contributed by atoms with Gasteiger partial charge in [0.05, 0.1) is 23.2 Å². The number of nitrogen functional groups attached to an aromatic ring is 1. The van der Waals surface area contributed by atoms with Crippen molar-refractivity contribution in [3.8, 4) is 22.5 Å². The summed E-state index contributed by atoms with van der Waals surface area (Å²) < 4.78 is 11.8. The Morgan fingerprint density at radius 1 is 1.11 bits per heavy atom. The third-order valence-corrected chi connectivity index (χ3v) is 5.15. The van der Waals surface area contributed by atoms with Crippen LogP contribution >= 0.6 is 15.9 Å². The van der Waals surface area contributed by atoms with E-state index in [-0.39, 0.29) is 12.4 Å². The maximum Gasteiger partial charge on any atom is 0.338 e. The van der Waals surface area contributed by atoms with Crippen LogP contribution in [0.25, 0.3) is 33.4 Å². The summed E-state index contributed by atoms with van der Waals surface area (Å²) in [6.45, 7) is 0. The first-order chi connectivity index (χ1) is 13.0. The van der Waals surface area contributed by atoms with Crippen LogP contribution in [0, 0.1) is 0 Å². The van der Waals surface area contributed by atoms with Crippen molar-refractivity contribution in [2.24, 2.45) is 0 Å². The van der Waals surface area contributed by atoms with Crippen LogP contribution in [0.1, 0.15) is 10.4 Å². The Labute approximate surface area is 175 Å². The number of halogens is 2. The molecule has 1 heterocycles. The Balaban J connectivity index is 0.00000225. The largest absolute Gasteiger partial charge is 1.00 e. The number of esters is 1. The van der Waals surface area contributed by atoms with Crippen molar-refractivity contribution >= 4 is 38.6 Å². The van der Waals surface area contributed by atoms with E-state index in [0.717, 1.165) is 26.5 Å². The first-order valence-corrected chi connectivity index (χ1v) is 9.00. The zero-order chi connectivity index (χ0) is 19.1. The van der Waals surface area contributed by atoms with Gasteiger partial charge in [0.25, 0.3) is 0 Å². The summed E-state index contributed by atoms with van der Waals surface area (Å²) in [6, 6.07) is 16.4. The summed E-state index contributed by atoms with van der Waals surface area (Å²) in [5.41, 5.74) is 10.0. The Kier molecular flexibility index (Phi) is 5.45. The van der Waals surface area contributed by atoms with E-state index in [9.17, 15) is 4.79 Å². The Morgan fingerprint density at radius 2 is 1.86 bits per heavy atom. The van der Waals surface area contributed by atoms with Crippen LogP contribution in [0.4, 0.5) is 5.69 Å². The molecule has 1 aliphatic heterocycles. The molecule has 28 heavy (non-hydrogen) atoms. The molecular weight excluding hydrogens is 444 g/mol. The lowest BCUT2D eigenvalue weighted by molar-refractivity contribution is -0.173. The molecule has 2 aromatic carbocycles. The highest BCUT2D eigenvalue weighted by molar-refractivity contribution is 9.10. The van der Waals surface area contributed by atoms with E-state index in [1.807, 2.05) is 24.3 Å². The van der Waals surface area contributed by atoms with Crippen molar-refractivity contribution in [2.45, 2.75) is 0 Å². The molecule has 0 saturated carbocycles. The minimum atomic E-state index is -0.405. The molecule has 4 N–H and O–H groups in total. The van der Waals surface area contributed by atoms with Crippen molar-refractivity contribution in [1.29, 1.82) is 0 Å². The number of methoxy groups -OCH3 is 1. The molecule has 0 bridgehead atoms. The van der Waals surface area contributed by atoms with Gasteiger partial charge in [0.15, 0.2) is 0 Å². The van der Waals surface area contributed by atoms with Gasteiger partial charge in [-0.05, 0) is 45.8 Å². The number of nitrogens with two attached hydrogens (primary N) is 2. The number of carbonyl (C=O) groups is 1. The molecule has 0 fully saturated rings. The fourth-order valence-electron chi connectivity index (χ4n) is 3.22. The highest BCUT2D eigenvalue weighted by Gasteiger charge is 2.23. The lowest BCUT2D eigenvalue weighted by atomic mass is 9.90. The second-order valence-electron chi connectivity index (χ2n) is 6.14. The molecule has 1 aliphatic carbocycles. The van der Waals surface area contributed by atoms with E-state index >= 15 is 0 Å². The highest BCUT2D eigenvalue weighted by Crippen LogP contribution is 2.42. The quantitative estimate of drug-likeness (QED) is 0.251. The Hall–Kier alpha value is -2.83. The summed E-state index contributed by atoms with van der Waals surface area (Å²) >= 11 is 3.48. The van der Waals surface area contributed by atoms with Gasteiger partial charge < -0.3 is 27.3 Å². The number of anilines is 1. The smallest absolute Gasteiger partial charge is 0.338 e. The molecule has 2 aromatic rings. The molecule has 0 spiro atoms. The lowest BCUT2D eigenvalue weighted by Gasteiger charge is -2.17. The number of benzene rings is 3. The summed E-state index contributed by atoms with van der Waals surface area (Å²) in [6.07, 6.45) is 0. The third kappa shape index (κ3) is 3.25. The molecule has 0 amide bonds. The molecule has 0 unspecified atom stereocenters. The summed E-state index contributed by atoms with van der Waals surface area (Å²) in [4.78, 5) is 12.4. The molecular formula is C21H16BrClN2O3. The minimum Gasteiger partial charge on any atom is -1.00 e. The van der Waals surface area contributed by atoms with E-state index in [4.69, 9.17) is 20.3 Å². The van der Waals surface area contributed by atoms with Crippen LogP contribution in [-0.2, 0) is 4.74 Å². The van der Waals surface area contributed by atoms with Crippen LogP contribution < -0.4 is 28.9 Å². The average Bonchev–Trinajstić information content (AvgIpc) is 2.67. The average molecular weight is 460 g/mol. The number of ether oxygens (including phenoxy) is 1. The lowest BCUT2D eigenvalue weighted by Crippen LogP contribution is -3.00. The van der Waals surface area contributed by atoms with E-state index < -0.39 is 5.97 Å². The summed E-state index contributed by atoms with van der Waals surface area (Å²) in [5.74, 6) is 0.195. The van der Waals surface area contributed by atoms with Crippen LogP contribution in [0.3, 0.4) is 0 Å². The number of fused-ring (bicyclic) bond motifs is 2. The molecule has 0 saturated heterocycles. The Bertz CT molecular complexity index is 1240. The topological polar surface area (TPSA) is 91.0 Å². The van der Waals surface area contributed by atoms with Gasteiger partial charge in [0, 0.05) is 28.3 Å². The van der Waals surface area contributed by atoms with Crippen LogP contribution in [0.15, 0.2) is 63.5 Å². The van der Waals surface area contributed by atoms with Gasteiger partial charge >= 0.3 is 5.97 Å². The van der Waals surface area contributed by atoms with Crippen molar-refractivity contribution in [3.05, 3.63) is 70.0 Å². The highest BCUT2D eigenvalue weighted by atomic mass is 79.9. The third-order valence-electron chi connectivity index (χ3n) is 4.46. The second-order valence-corrected chi connectivity index (χ2v) is 6.99. The monoisotopic (exact) mass is 458 g/mol.